The fourth-order valence-electron chi connectivity index (χ4n) is 2.70. The molecule has 1 aliphatic heterocycles. The van der Waals surface area contributed by atoms with Gasteiger partial charge in [-0.15, -0.1) is 0 Å². The summed E-state index contributed by atoms with van der Waals surface area (Å²) in [6, 6.07) is 9.55. The lowest BCUT2D eigenvalue weighted by molar-refractivity contribution is -0.384. The standard InChI is InChI=1S/C18H17N3O6/c22-16-5-4-14(21(25)26)11-15(16)17(23)19-13-3-1-2-12(10-13)18(24)20-6-8-27-9-7-20/h1-5,10-11,22H,6-9H2,(H,19,23). The molecule has 9 nitrogen and oxygen atoms in total. The second-order valence-electron chi connectivity index (χ2n) is 5.90. The Kier molecular flexibility index (Phi) is 5.32. The van der Waals surface area contributed by atoms with Gasteiger partial charge in [0.15, 0.2) is 0 Å². The summed E-state index contributed by atoms with van der Waals surface area (Å²) in [5, 5.41) is 23.2. The van der Waals surface area contributed by atoms with Crippen LogP contribution in [0.3, 0.4) is 0 Å². The quantitative estimate of drug-likeness (QED) is 0.626. The Bertz CT molecular complexity index is 892. The SMILES string of the molecule is O=C(Nc1cccc(C(=O)N2CCOCC2)c1)c1cc([N+](=O)[O-])ccc1O. The van der Waals surface area contributed by atoms with Gasteiger partial charge in [0, 0.05) is 36.5 Å². The van der Waals surface area contributed by atoms with Crippen molar-refractivity contribution in [2.24, 2.45) is 0 Å². The smallest absolute Gasteiger partial charge is 0.270 e. The fourth-order valence-corrected chi connectivity index (χ4v) is 2.70. The van der Waals surface area contributed by atoms with Crippen LogP contribution in [0.25, 0.3) is 0 Å². The molecular weight excluding hydrogens is 354 g/mol. The summed E-state index contributed by atoms with van der Waals surface area (Å²) >= 11 is 0. The van der Waals surface area contributed by atoms with Crippen LogP contribution in [-0.2, 0) is 4.74 Å². The number of amides is 2. The van der Waals surface area contributed by atoms with Crippen LogP contribution in [0.2, 0.25) is 0 Å². The highest BCUT2D eigenvalue weighted by molar-refractivity contribution is 6.07. The van der Waals surface area contributed by atoms with Crippen molar-refractivity contribution in [3.63, 3.8) is 0 Å². The van der Waals surface area contributed by atoms with Gasteiger partial charge in [0.05, 0.1) is 23.7 Å². The second kappa shape index (κ2) is 7.83. The van der Waals surface area contributed by atoms with Gasteiger partial charge in [0.2, 0.25) is 0 Å². The van der Waals surface area contributed by atoms with Crippen molar-refractivity contribution in [3.8, 4) is 5.75 Å². The summed E-state index contributed by atoms with van der Waals surface area (Å²) in [7, 11) is 0. The number of phenols is 1. The number of aromatic hydroxyl groups is 1. The van der Waals surface area contributed by atoms with Crippen molar-refractivity contribution in [1.82, 2.24) is 4.90 Å². The minimum Gasteiger partial charge on any atom is -0.507 e. The number of benzene rings is 2. The maximum atomic E-state index is 12.5. The number of hydrogen-bond acceptors (Lipinski definition) is 6. The third-order valence-electron chi connectivity index (χ3n) is 4.10. The van der Waals surface area contributed by atoms with Crippen LogP contribution >= 0.6 is 0 Å². The third-order valence-corrected chi connectivity index (χ3v) is 4.10. The van der Waals surface area contributed by atoms with Crippen molar-refractivity contribution in [2.45, 2.75) is 0 Å². The minimum atomic E-state index is -0.716. The van der Waals surface area contributed by atoms with Gasteiger partial charge in [-0.1, -0.05) is 6.07 Å². The molecule has 1 aliphatic rings. The molecule has 9 heteroatoms. The molecule has 2 amide bonds. The zero-order valence-corrected chi connectivity index (χ0v) is 14.3. The highest BCUT2D eigenvalue weighted by Gasteiger charge is 2.20. The van der Waals surface area contributed by atoms with Gasteiger partial charge in [-0.2, -0.15) is 0 Å². The van der Waals surface area contributed by atoms with Crippen LogP contribution in [-0.4, -0.2) is 53.0 Å². The Labute approximate surface area is 154 Å². The average Bonchev–Trinajstić information content (AvgIpc) is 2.68. The van der Waals surface area contributed by atoms with E-state index in [-0.39, 0.29) is 22.9 Å². The number of nitrogens with zero attached hydrogens (tertiary/aromatic N) is 2. The highest BCUT2D eigenvalue weighted by Crippen LogP contribution is 2.24. The molecule has 27 heavy (non-hydrogen) atoms. The summed E-state index contributed by atoms with van der Waals surface area (Å²) in [5.74, 6) is -1.27. The first-order valence-corrected chi connectivity index (χ1v) is 8.21. The number of nitro benzene ring substituents is 1. The number of phenolic OH excluding ortho intramolecular Hbond substituents is 1. The van der Waals surface area contributed by atoms with E-state index in [0.717, 1.165) is 18.2 Å². The van der Waals surface area contributed by atoms with Gasteiger partial charge in [-0.3, -0.25) is 19.7 Å². The molecule has 3 rings (SSSR count). The summed E-state index contributed by atoms with van der Waals surface area (Å²) in [6.45, 7) is 1.95. The maximum Gasteiger partial charge on any atom is 0.270 e. The lowest BCUT2D eigenvalue weighted by Gasteiger charge is -2.27. The normalized spacial score (nSPS) is 13.9. The van der Waals surface area contributed by atoms with Crippen LogP contribution < -0.4 is 5.32 Å². The first-order valence-electron chi connectivity index (χ1n) is 8.21. The fraction of sp³-hybridized carbons (Fsp3) is 0.222. The van der Waals surface area contributed by atoms with E-state index in [1.807, 2.05) is 0 Å². The first-order chi connectivity index (χ1) is 13.0. The average molecular weight is 371 g/mol. The van der Waals surface area contributed by atoms with Crippen molar-refractivity contribution in [2.75, 3.05) is 31.6 Å². The number of carbonyl (C=O) groups is 2. The van der Waals surface area contributed by atoms with E-state index in [9.17, 15) is 24.8 Å². The Hall–Kier alpha value is -3.46. The van der Waals surface area contributed by atoms with E-state index in [1.54, 1.807) is 23.1 Å². The molecule has 140 valence electrons. The Morgan fingerprint density at radius 2 is 1.89 bits per heavy atom. The largest absolute Gasteiger partial charge is 0.507 e. The molecule has 1 fully saturated rings. The van der Waals surface area contributed by atoms with Crippen LogP contribution in [0.1, 0.15) is 20.7 Å². The monoisotopic (exact) mass is 371 g/mol. The number of non-ortho nitro benzene ring substituents is 1. The van der Waals surface area contributed by atoms with Crippen LogP contribution in [0.4, 0.5) is 11.4 Å². The van der Waals surface area contributed by atoms with Gasteiger partial charge >= 0.3 is 0 Å². The van der Waals surface area contributed by atoms with E-state index in [4.69, 9.17) is 4.74 Å². The first kappa shape index (κ1) is 18.3. The van der Waals surface area contributed by atoms with Crippen LogP contribution in [0.15, 0.2) is 42.5 Å². The van der Waals surface area contributed by atoms with Crippen molar-refractivity contribution in [1.29, 1.82) is 0 Å². The number of ether oxygens (including phenoxy) is 1. The number of rotatable bonds is 4. The number of hydrogen-bond donors (Lipinski definition) is 2. The number of carbonyl (C=O) groups excluding carboxylic acids is 2. The molecule has 0 bridgehead atoms. The van der Waals surface area contributed by atoms with E-state index in [2.05, 4.69) is 5.32 Å². The zero-order valence-electron chi connectivity index (χ0n) is 14.3. The predicted octanol–water partition coefficient (Wildman–Crippen LogP) is 2.03. The summed E-state index contributed by atoms with van der Waals surface area (Å²) in [4.78, 5) is 36.8. The van der Waals surface area contributed by atoms with Gasteiger partial charge in [-0.05, 0) is 24.3 Å². The molecule has 0 radical (unpaired) electrons. The molecule has 1 heterocycles. The second-order valence-corrected chi connectivity index (χ2v) is 5.90. The van der Waals surface area contributed by atoms with Crippen molar-refractivity contribution >= 4 is 23.2 Å². The lowest BCUT2D eigenvalue weighted by atomic mass is 10.1. The number of morpholine rings is 1. The summed E-state index contributed by atoms with van der Waals surface area (Å²) in [6.07, 6.45) is 0. The zero-order chi connectivity index (χ0) is 19.4. The number of nitro groups is 1. The summed E-state index contributed by atoms with van der Waals surface area (Å²) in [5.41, 5.74) is 0.200. The number of nitrogens with one attached hydrogen (secondary N) is 1. The summed E-state index contributed by atoms with van der Waals surface area (Å²) < 4.78 is 5.23. The molecule has 0 atom stereocenters. The predicted molar refractivity (Wildman–Crippen MR) is 95.9 cm³/mol. The topological polar surface area (TPSA) is 122 Å². The minimum absolute atomic E-state index is 0.174. The maximum absolute atomic E-state index is 12.5. The van der Waals surface area contributed by atoms with Gasteiger partial charge < -0.3 is 20.1 Å². The van der Waals surface area contributed by atoms with E-state index >= 15 is 0 Å². The van der Waals surface area contributed by atoms with Crippen molar-refractivity contribution in [3.05, 3.63) is 63.7 Å². The van der Waals surface area contributed by atoms with Crippen LogP contribution in [0.5, 0.6) is 5.75 Å². The molecule has 0 aliphatic carbocycles. The Morgan fingerprint density at radius 1 is 1.15 bits per heavy atom. The molecule has 0 spiro atoms. The van der Waals surface area contributed by atoms with Crippen LogP contribution in [0, 0.1) is 10.1 Å². The Morgan fingerprint density at radius 3 is 2.59 bits per heavy atom. The van der Waals surface area contributed by atoms with Gasteiger partial charge in [-0.25, -0.2) is 0 Å². The van der Waals surface area contributed by atoms with Gasteiger partial charge in [0.1, 0.15) is 5.75 Å². The molecule has 0 saturated carbocycles. The molecule has 2 N–H and O–H groups in total. The molecule has 2 aromatic carbocycles. The third kappa shape index (κ3) is 4.21. The van der Waals surface area contributed by atoms with Crippen molar-refractivity contribution < 1.29 is 24.4 Å². The van der Waals surface area contributed by atoms with E-state index in [0.29, 0.717) is 37.6 Å². The van der Waals surface area contributed by atoms with Gasteiger partial charge in [0.25, 0.3) is 17.5 Å². The highest BCUT2D eigenvalue weighted by atomic mass is 16.6. The molecular formula is C18H17N3O6. The van der Waals surface area contributed by atoms with E-state index in [1.165, 1.54) is 6.07 Å². The number of anilines is 1. The molecule has 0 unspecified atom stereocenters. The van der Waals surface area contributed by atoms with E-state index < -0.39 is 10.8 Å². The lowest BCUT2D eigenvalue weighted by Crippen LogP contribution is -2.40. The molecule has 2 aromatic rings. The molecule has 1 saturated heterocycles. The molecule has 0 aromatic heterocycles. The Balaban J connectivity index is 1.78.